The second kappa shape index (κ2) is 7.46. The summed E-state index contributed by atoms with van der Waals surface area (Å²) in [6.07, 6.45) is 24.3. The molecular weight excluding hydrogens is 342 g/mol. The van der Waals surface area contributed by atoms with Crippen LogP contribution in [0.3, 0.4) is 0 Å². The number of nitrogens with one attached hydrogen (secondary N) is 1. The number of fused-ring (bicyclic) bond motifs is 2. The van der Waals surface area contributed by atoms with Crippen molar-refractivity contribution in [2.75, 3.05) is 7.05 Å². The maximum atomic E-state index is 12.4. The Hall–Kier alpha value is -1.38. The minimum absolute atomic E-state index is 0.355. The van der Waals surface area contributed by atoms with Crippen molar-refractivity contribution >= 4 is 0 Å². The molecule has 1 N–H and O–H groups in total. The van der Waals surface area contributed by atoms with Crippen LogP contribution in [0, 0.1) is 34.8 Å². The molecular formula is C26H35NO. The summed E-state index contributed by atoms with van der Waals surface area (Å²) in [5, 5.41) is 12.8. The van der Waals surface area contributed by atoms with Crippen molar-refractivity contribution in [2.45, 2.75) is 64.3 Å². The van der Waals surface area contributed by atoms with Crippen molar-refractivity contribution in [3.63, 3.8) is 0 Å². The smallest absolute Gasteiger partial charge is 0.0901 e. The fraction of sp³-hybridized carbons (Fsp3) is 0.615. The Kier molecular flexibility index (Phi) is 4.97. The lowest BCUT2D eigenvalue weighted by molar-refractivity contribution is -0.860. The van der Waals surface area contributed by atoms with Gasteiger partial charge in [0.1, 0.15) is 0 Å². The summed E-state index contributed by atoms with van der Waals surface area (Å²) in [5.74, 6) is 3.94. The third-order valence-corrected chi connectivity index (χ3v) is 8.32. The summed E-state index contributed by atoms with van der Waals surface area (Å²) in [6, 6.07) is 0.355. The zero-order valence-electron chi connectivity index (χ0n) is 17.5. The Morgan fingerprint density at radius 2 is 1.89 bits per heavy atom. The summed E-state index contributed by atoms with van der Waals surface area (Å²) in [7, 11) is 1.86. The van der Waals surface area contributed by atoms with E-state index in [1.54, 1.807) is 0 Å². The summed E-state index contributed by atoms with van der Waals surface area (Å²) >= 11 is 0. The minimum atomic E-state index is 0.355. The Morgan fingerprint density at radius 3 is 2.57 bits per heavy atom. The number of rotatable bonds is 4. The largest absolute Gasteiger partial charge is 0.634 e. The van der Waals surface area contributed by atoms with Crippen molar-refractivity contribution in [3.8, 4) is 0 Å². The first kappa shape index (κ1) is 18.6. The van der Waals surface area contributed by atoms with Gasteiger partial charge >= 0.3 is 0 Å². The molecule has 28 heavy (non-hydrogen) atoms. The average Bonchev–Trinajstić information content (AvgIpc) is 3.45. The Morgan fingerprint density at radius 1 is 1.07 bits per heavy atom. The Bertz CT molecular complexity index is 772. The maximum absolute atomic E-state index is 12.4. The topological polar surface area (TPSA) is 27.5 Å². The van der Waals surface area contributed by atoms with Gasteiger partial charge in [-0.25, -0.2) is 0 Å². The summed E-state index contributed by atoms with van der Waals surface area (Å²) in [6.45, 7) is 2.25. The molecule has 2 heteroatoms. The second-order valence-corrected chi connectivity index (χ2v) is 10.0. The normalized spacial score (nSPS) is 40.2. The molecule has 0 spiro atoms. The van der Waals surface area contributed by atoms with Crippen LogP contribution in [0.4, 0.5) is 0 Å². The fourth-order valence-electron chi connectivity index (χ4n) is 6.76. The monoisotopic (exact) mass is 377 g/mol. The molecule has 5 aliphatic rings. The first-order valence-corrected chi connectivity index (χ1v) is 11.6. The van der Waals surface area contributed by atoms with Crippen LogP contribution in [0.5, 0.6) is 0 Å². The lowest BCUT2D eigenvalue weighted by Crippen LogP contribution is -3.09. The van der Waals surface area contributed by atoms with E-state index < -0.39 is 0 Å². The van der Waals surface area contributed by atoms with Gasteiger partial charge in [-0.05, 0) is 104 Å². The molecule has 3 saturated carbocycles. The third kappa shape index (κ3) is 3.39. The van der Waals surface area contributed by atoms with Gasteiger partial charge in [0.05, 0.1) is 13.1 Å². The highest BCUT2D eigenvalue weighted by atomic mass is 16.5. The van der Waals surface area contributed by atoms with E-state index in [9.17, 15) is 5.21 Å². The first-order valence-electron chi connectivity index (χ1n) is 11.6. The van der Waals surface area contributed by atoms with E-state index in [0.29, 0.717) is 17.0 Å². The SMILES string of the molecule is CC1=CC/C(=C/C2CCC3C(C4CC4)C2CCCC3[NH+](C)[O-])C=C1C1=CC=C1. The zero-order chi connectivity index (χ0) is 19.3. The predicted molar refractivity (Wildman–Crippen MR) is 116 cm³/mol. The summed E-state index contributed by atoms with van der Waals surface area (Å²) < 4.78 is 0. The lowest BCUT2D eigenvalue weighted by atomic mass is 9.62. The predicted octanol–water partition coefficient (Wildman–Crippen LogP) is 4.92. The molecule has 3 fully saturated rings. The van der Waals surface area contributed by atoms with E-state index in [4.69, 9.17) is 0 Å². The lowest BCUT2D eigenvalue weighted by Gasteiger charge is -2.45. The van der Waals surface area contributed by atoms with Crippen LogP contribution in [-0.4, -0.2) is 13.1 Å². The number of hydroxylamine groups is 2. The van der Waals surface area contributed by atoms with Crippen LogP contribution in [0.15, 0.2) is 58.7 Å². The molecule has 0 aromatic carbocycles. The Balaban J connectivity index is 1.41. The van der Waals surface area contributed by atoms with Crippen molar-refractivity contribution in [1.82, 2.24) is 0 Å². The zero-order valence-corrected chi connectivity index (χ0v) is 17.5. The van der Waals surface area contributed by atoms with Gasteiger partial charge in [0.25, 0.3) is 0 Å². The minimum Gasteiger partial charge on any atom is -0.634 e. The summed E-state index contributed by atoms with van der Waals surface area (Å²) in [5.41, 5.74) is 5.75. The van der Waals surface area contributed by atoms with E-state index in [2.05, 4.69) is 43.4 Å². The molecule has 0 aromatic rings. The highest BCUT2D eigenvalue weighted by molar-refractivity contribution is 5.61. The molecule has 5 rings (SSSR count). The van der Waals surface area contributed by atoms with Gasteiger partial charge < -0.3 is 10.3 Å². The number of quaternary nitrogens is 1. The highest BCUT2D eigenvalue weighted by Gasteiger charge is 2.50. The van der Waals surface area contributed by atoms with Crippen molar-refractivity contribution in [2.24, 2.45) is 29.6 Å². The quantitative estimate of drug-likeness (QED) is 0.692. The van der Waals surface area contributed by atoms with Crippen LogP contribution in [0.1, 0.15) is 58.3 Å². The van der Waals surface area contributed by atoms with Crippen LogP contribution in [0.25, 0.3) is 0 Å². The van der Waals surface area contributed by atoms with Crippen LogP contribution >= 0.6 is 0 Å². The van der Waals surface area contributed by atoms with Gasteiger partial charge in [-0.2, -0.15) is 0 Å². The van der Waals surface area contributed by atoms with E-state index in [1.165, 1.54) is 60.8 Å². The average molecular weight is 378 g/mol. The van der Waals surface area contributed by atoms with Gasteiger partial charge in [0.15, 0.2) is 0 Å². The first-order chi connectivity index (χ1) is 13.6. The maximum Gasteiger partial charge on any atom is 0.0901 e. The Labute approximate surface area is 170 Å². The molecule has 0 aromatic heterocycles. The fourth-order valence-corrected chi connectivity index (χ4v) is 6.76. The van der Waals surface area contributed by atoms with E-state index in [-0.39, 0.29) is 0 Å². The third-order valence-electron chi connectivity index (χ3n) is 8.32. The van der Waals surface area contributed by atoms with Gasteiger partial charge in [-0.1, -0.05) is 36.5 Å². The van der Waals surface area contributed by atoms with Crippen LogP contribution in [0.2, 0.25) is 0 Å². The van der Waals surface area contributed by atoms with Gasteiger partial charge in [-0.15, -0.1) is 0 Å². The summed E-state index contributed by atoms with van der Waals surface area (Å²) in [4.78, 5) is 0. The van der Waals surface area contributed by atoms with Crippen LogP contribution < -0.4 is 5.06 Å². The molecule has 6 atom stereocenters. The molecule has 5 aliphatic carbocycles. The highest BCUT2D eigenvalue weighted by Crippen LogP contribution is 2.55. The number of hydrogen-bond acceptors (Lipinski definition) is 1. The van der Waals surface area contributed by atoms with E-state index in [1.807, 2.05) is 7.05 Å². The van der Waals surface area contributed by atoms with E-state index >= 15 is 0 Å². The number of hydrogen-bond donors (Lipinski definition) is 1. The molecule has 2 nitrogen and oxygen atoms in total. The van der Waals surface area contributed by atoms with Crippen molar-refractivity contribution < 1.29 is 5.06 Å². The molecule has 0 radical (unpaired) electrons. The van der Waals surface area contributed by atoms with Crippen LogP contribution in [-0.2, 0) is 0 Å². The molecule has 0 saturated heterocycles. The van der Waals surface area contributed by atoms with Crippen molar-refractivity contribution in [1.29, 1.82) is 0 Å². The number of allylic oxidation sites excluding steroid dienone is 10. The van der Waals surface area contributed by atoms with Gasteiger partial charge in [-0.3, -0.25) is 0 Å². The van der Waals surface area contributed by atoms with Gasteiger partial charge in [0.2, 0.25) is 0 Å². The van der Waals surface area contributed by atoms with Crippen molar-refractivity contribution in [3.05, 3.63) is 64.0 Å². The second-order valence-electron chi connectivity index (χ2n) is 10.0. The molecule has 2 bridgehead atoms. The van der Waals surface area contributed by atoms with E-state index in [0.717, 1.165) is 36.5 Å². The molecule has 0 amide bonds. The molecule has 150 valence electrons. The molecule has 0 aliphatic heterocycles. The standard InChI is InChI=1S/C26H35NO/c1-17-9-10-18(16-24(17)19-5-3-6-19)15-21-13-14-23-25(27(2)28)8-4-7-22(21)26(23)20-11-12-20/h3,5-6,9,15-16,20-23,25-27H,4,7-8,10-14H2,1-2H3/b18-15-. The molecule has 6 unspecified atom stereocenters. The van der Waals surface area contributed by atoms with Gasteiger partial charge in [0, 0.05) is 5.92 Å². The molecule has 0 heterocycles.